The molecule has 0 saturated carbocycles. The first-order chi connectivity index (χ1) is 7.15. The van der Waals surface area contributed by atoms with Crippen molar-refractivity contribution < 1.29 is 9.84 Å². The fourth-order valence-electron chi connectivity index (χ4n) is 1.31. The summed E-state index contributed by atoms with van der Waals surface area (Å²) in [7, 11) is 1.66. The number of aliphatic hydroxyl groups is 1. The van der Waals surface area contributed by atoms with Crippen molar-refractivity contribution in [3.05, 3.63) is 33.3 Å². The number of benzene rings is 1. The van der Waals surface area contributed by atoms with Crippen LogP contribution in [0.4, 0.5) is 0 Å². The van der Waals surface area contributed by atoms with Crippen LogP contribution in [0.1, 0.15) is 24.5 Å². The molecule has 0 saturated heterocycles. The van der Waals surface area contributed by atoms with Crippen LogP contribution in [0.25, 0.3) is 0 Å². The number of hydrogen-bond donors (Lipinski definition) is 1. The molecule has 1 aromatic carbocycles. The van der Waals surface area contributed by atoms with E-state index in [4.69, 9.17) is 16.3 Å². The van der Waals surface area contributed by atoms with Gasteiger partial charge in [0.1, 0.15) is 0 Å². The Morgan fingerprint density at radius 2 is 2.27 bits per heavy atom. The van der Waals surface area contributed by atoms with Crippen LogP contribution in [-0.2, 0) is 4.74 Å². The van der Waals surface area contributed by atoms with Gasteiger partial charge in [-0.25, -0.2) is 0 Å². The van der Waals surface area contributed by atoms with E-state index in [0.717, 1.165) is 16.5 Å². The maximum absolute atomic E-state index is 9.84. The monoisotopic (exact) mass is 292 g/mol. The Hall–Kier alpha value is -0.0900. The Morgan fingerprint density at radius 3 is 2.87 bits per heavy atom. The Bertz CT molecular complexity index is 317. The largest absolute Gasteiger partial charge is 0.388 e. The molecule has 1 unspecified atom stereocenters. The first kappa shape index (κ1) is 13.0. The molecule has 84 valence electrons. The molecule has 0 bridgehead atoms. The molecule has 0 spiro atoms. The standard InChI is InChI=1S/C11H14BrClO2/c1-15-6-2-3-11(14)8-4-5-10(13)9(12)7-8/h4-5,7,11,14H,2-3,6H2,1H3. The van der Waals surface area contributed by atoms with Crippen molar-refractivity contribution in [3.63, 3.8) is 0 Å². The molecule has 1 aromatic rings. The fourth-order valence-corrected chi connectivity index (χ4v) is 1.82. The summed E-state index contributed by atoms with van der Waals surface area (Å²) in [4.78, 5) is 0. The maximum atomic E-state index is 9.84. The first-order valence-corrected chi connectivity index (χ1v) is 5.94. The second-order valence-electron chi connectivity index (χ2n) is 3.32. The highest BCUT2D eigenvalue weighted by atomic mass is 79.9. The Balaban J connectivity index is 2.57. The van der Waals surface area contributed by atoms with Gasteiger partial charge in [-0.3, -0.25) is 0 Å². The Kier molecular flexibility index (Phi) is 5.61. The number of methoxy groups -OCH3 is 1. The van der Waals surface area contributed by atoms with Gasteiger partial charge in [-0.15, -0.1) is 0 Å². The van der Waals surface area contributed by atoms with E-state index in [0.29, 0.717) is 18.1 Å². The molecule has 0 amide bonds. The van der Waals surface area contributed by atoms with Crippen LogP contribution in [0.2, 0.25) is 5.02 Å². The highest BCUT2D eigenvalue weighted by Gasteiger charge is 2.08. The molecule has 1 atom stereocenters. The summed E-state index contributed by atoms with van der Waals surface area (Å²) in [6.45, 7) is 0.672. The lowest BCUT2D eigenvalue weighted by Crippen LogP contribution is -1.99. The van der Waals surface area contributed by atoms with Crippen molar-refractivity contribution in [2.45, 2.75) is 18.9 Å². The van der Waals surface area contributed by atoms with E-state index in [2.05, 4.69) is 15.9 Å². The van der Waals surface area contributed by atoms with Crippen LogP contribution in [0.15, 0.2) is 22.7 Å². The summed E-state index contributed by atoms with van der Waals surface area (Å²) >= 11 is 9.19. The third-order valence-electron chi connectivity index (χ3n) is 2.15. The second-order valence-corrected chi connectivity index (χ2v) is 4.59. The van der Waals surface area contributed by atoms with Gasteiger partial charge in [-0.2, -0.15) is 0 Å². The molecule has 0 aliphatic heterocycles. The Morgan fingerprint density at radius 1 is 1.53 bits per heavy atom. The molecule has 0 fully saturated rings. The van der Waals surface area contributed by atoms with Gasteiger partial charge in [0.2, 0.25) is 0 Å². The number of halogens is 2. The Labute approximate surface area is 103 Å². The summed E-state index contributed by atoms with van der Waals surface area (Å²) in [5, 5.41) is 10.5. The van der Waals surface area contributed by atoms with E-state index < -0.39 is 6.10 Å². The zero-order valence-corrected chi connectivity index (χ0v) is 10.9. The molecule has 15 heavy (non-hydrogen) atoms. The third kappa shape index (κ3) is 4.11. The first-order valence-electron chi connectivity index (χ1n) is 4.77. The minimum atomic E-state index is -0.450. The minimum Gasteiger partial charge on any atom is -0.388 e. The molecule has 4 heteroatoms. The van der Waals surface area contributed by atoms with E-state index >= 15 is 0 Å². The van der Waals surface area contributed by atoms with Crippen LogP contribution >= 0.6 is 27.5 Å². The lowest BCUT2D eigenvalue weighted by atomic mass is 10.1. The predicted octanol–water partition coefficient (Wildman–Crippen LogP) is 3.56. The van der Waals surface area contributed by atoms with Crippen molar-refractivity contribution in [1.29, 1.82) is 0 Å². The summed E-state index contributed by atoms with van der Waals surface area (Å²) in [5.41, 5.74) is 0.877. The summed E-state index contributed by atoms with van der Waals surface area (Å²) in [5.74, 6) is 0. The van der Waals surface area contributed by atoms with E-state index in [-0.39, 0.29) is 0 Å². The third-order valence-corrected chi connectivity index (χ3v) is 3.37. The molecule has 2 nitrogen and oxygen atoms in total. The molecule has 1 N–H and O–H groups in total. The molecule has 0 radical (unpaired) electrons. The van der Waals surface area contributed by atoms with Crippen LogP contribution in [0, 0.1) is 0 Å². The summed E-state index contributed by atoms with van der Waals surface area (Å²) < 4.78 is 5.74. The number of aliphatic hydroxyl groups excluding tert-OH is 1. The van der Waals surface area contributed by atoms with Gasteiger partial charge in [0.15, 0.2) is 0 Å². The highest BCUT2D eigenvalue weighted by Crippen LogP contribution is 2.27. The van der Waals surface area contributed by atoms with Crippen LogP contribution in [-0.4, -0.2) is 18.8 Å². The zero-order chi connectivity index (χ0) is 11.3. The number of rotatable bonds is 5. The van der Waals surface area contributed by atoms with Gasteiger partial charge in [0.25, 0.3) is 0 Å². The topological polar surface area (TPSA) is 29.5 Å². The SMILES string of the molecule is COCCCC(O)c1ccc(Cl)c(Br)c1. The quantitative estimate of drug-likeness (QED) is 0.841. The van der Waals surface area contributed by atoms with E-state index in [1.54, 1.807) is 13.2 Å². The van der Waals surface area contributed by atoms with Crippen molar-refractivity contribution in [3.8, 4) is 0 Å². The molecule has 1 rings (SSSR count). The van der Waals surface area contributed by atoms with Gasteiger partial charge in [-0.05, 0) is 46.5 Å². The van der Waals surface area contributed by atoms with Crippen LogP contribution in [0.3, 0.4) is 0 Å². The van der Waals surface area contributed by atoms with E-state index in [1.807, 2.05) is 12.1 Å². The van der Waals surface area contributed by atoms with Gasteiger partial charge >= 0.3 is 0 Å². The lowest BCUT2D eigenvalue weighted by Gasteiger charge is -2.11. The lowest BCUT2D eigenvalue weighted by molar-refractivity contribution is 0.136. The number of ether oxygens (including phenoxy) is 1. The molecule has 0 aliphatic carbocycles. The van der Waals surface area contributed by atoms with Gasteiger partial charge < -0.3 is 9.84 Å². The van der Waals surface area contributed by atoms with Crippen LogP contribution in [0.5, 0.6) is 0 Å². The minimum absolute atomic E-state index is 0.450. The van der Waals surface area contributed by atoms with Crippen molar-refractivity contribution in [1.82, 2.24) is 0 Å². The summed E-state index contributed by atoms with van der Waals surface area (Å²) in [6, 6.07) is 5.46. The normalized spacial score (nSPS) is 12.8. The van der Waals surface area contributed by atoms with Crippen LogP contribution < -0.4 is 0 Å². The van der Waals surface area contributed by atoms with Crippen molar-refractivity contribution >= 4 is 27.5 Å². The fraction of sp³-hybridized carbons (Fsp3) is 0.455. The van der Waals surface area contributed by atoms with Crippen molar-refractivity contribution in [2.24, 2.45) is 0 Å². The molecule has 0 aliphatic rings. The molecule has 0 aromatic heterocycles. The zero-order valence-electron chi connectivity index (χ0n) is 8.54. The summed E-state index contributed by atoms with van der Waals surface area (Å²) in [6.07, 6.45) is 1.09. The smallest absolute Gasteiger partial charge is 0.0791 e. The number of hydrogen-bond acceptors (Lipinski definition) is 2. The average molecular weight is 294 g/mol. The maximum Gasteiger partial charge on any atom is 0.0791 e. The van der Waals surface area contributed by atoms with Crippen molar-refractivity contribution in [2.75, 3.05) is 13.7 Å². The average Bonchev–Trinajstić information content (AvgIpc) is 2.22. The van der Waals surface area contributed by atoms with Gasteiger partial charge in [0, 0.05) is 18.2 Å². The highest BCUT2D eigenvalue weighted by molar-refractivity contribution is 9.10. The predicted molar refractivity (Wildman–Crippen MR) is 65.2 cm³/mol. The second kappa shape index (κ2) is 6.48. The van der Waals surface area contributed by atoms with Gasteiger partial charge in [-0.1, -0.05) is 17.7 Å². The molecule has 0 heterocycles. The van der Waals surface area contributed by atoms with E-state index in [9.17, 15) is 5.11 Å². The molecular weight excluding hydrogens is 279 g/mol. The van der Waals surface area contributed by atoms with E-state index in [1.165, 1.54) is 0 Å². The molecular formula is C11H14BrClO2. The van der Waals surface area contributed by atoms with Gasteiger partial charge in [0.05, 0.1) is 11.1 Å².